The summed E-state index contributed by atoms with van der Waals surface area (Å²) in [5.74, 6) is 4.14. The standard InChI is InChI=1S/C15H29NO2S/c1-13(11-16-5-7-17-2)9-14-3-6-18-15(10-14)4-8-19-12-15/h13-14,16H,3-12H2,1-2H3. The monoisotopic (exact) mass is 287 g/mol. The summed E-state index contributed by atoms with van der Waals surface area (Å²) in [4.78, 5) is 0. The normalized spacial score (nSPS) is 32.8. The van der Waals surface area contributed by atoms with Gasteiger partial charge in [-0.05, 0) is 49.8 Å². The smallest absolute Gasteiger partial charge is 0.0783 e. The molecule has 0 saturated carbocycles. The first-order chi connectivity index (χ1) is 9.24. The Labute approximate surface area is 122 Å². The van der Waals surface area contributed by atoms with Gasteiger partial charge in [0.1, 0.15) is 0 Å². The zero-order chi connectivity index (χ0) is 13.6. The van der Waals surface area contributed by atoms with Gasteiger partial charge in [-0.1, -0.05) is 6.92 Å². The number of nitrogens with one attached hydrogen (secondary N) is 1. The Balaban J connectivity index is 1.67. The summed E-state index contributed by atoms with van der Waals surface area (Å²) in [6.45, 7) is 6.24. The highest BCUT2D eigenvalue weighted by molar-refractivity contribution is 7.99. The molecular weight excluding hydrogens is 258 g/mol. The number of methoxy groups -OCH3 is 1. The van der Waals surface area contributed by atoms with E-state index < -0.39 is 0 Å². The topological polar surface area (TPSA) is 30.5 Å². The third-order valence-electron chi connectivity index (χ3n) is 4.37. The van der Waals surface area contributed by atoms with Gasteiger partial charge in [0.25, 0.3) is 0 Å². The van der Waals surface area contributed by atoms with Gasteiger partial charge in [0.15, 0.2) is 0 Å². The highest BCUT2D eigenvalue weighted by Gasteiger charge is 2.40. The van der Waals surface area contributed by atoms with Crippen molar-refractivity contribution in [2.24, 2.45) is 11.8 Å². The van der Waals surface area contributed by atoms with Crippen LogP contribution in [0.5, 0.6) is 0 Å². The summed E-state index contributed by atoms with van der Waals surface area (Å²) in [5, 5.41) is 3.48. The van der Waals surface area contributed by atoms with Gasteiger partial charge in [-0.2, -0.15) is 11.8 Å². The lowest BCUT2D eigenvalue weighted by molar-refractivity contribution is -0.0823. The van der Waals surface area contributed by atoms with Crippen LogP contribution in [0.15, 0.2) is 0 Å². The van der Waals surface area contributed by atoms with Crippen LogP contribution in [0.2, 0.25) is 0 Å². The molecule has 1 spiro atoms. The van der Waals surface area contributed by atoms with Crippen molar-refractivity contribution in [1.29, 1.82) is 0 Å². The Morgan fingerprint density at radius 1 is 1.53 bits per heavy atom. The molecule has 0 aromatic rings. The van der Waals surface area contributed by atoms with E-state index in [9.17, 15) is 0 Å². The van der Waals surface area contributed by atoms with Gasteiger partial charge >= 0.3 is 0 Å². The number of hydrogen-bond donors (Lipinski definition) is 1. The van der Waals surface area contributed by atoms with Crippen LogP contribution in [-0.4, -0.2) is 50.5 Å². The van der Waals surface area contributed by atoms with Crippen molar-refractivity contribution in [2.75, 3.05) is 44.9 Å². The van der Waals surface area contributed by atoms with Gasteiger partial charge in [-0.25, -0.2) is 0 Å². The second-order valence-electron chi connectivity index (χ2n) is 6.23. The summed E-state index contributed by atoms with van der Waals surface area (Å²) < 4.78 is 11.2. The van der Waals surface area contributed by atoms with Gasteiger partial charge in [0.2, 0.25) is 0 Å². The first-order valence-electron chi connectivity index (χ1n) is 7.65. The predicted octanol–water partition coefficient (Wildman–Crippen LogP) is 2.55. The Kier molecular flexibility index (Phi) is 6.46. The molecule has 3 unspecified atom stereocenters. The Morgan fingerprint density at radius 3 is 3.16 bits per heavy atom. The fraction of sp³-hybridized carbons (Fsp3) is 1.00. The zero-order valence-corrected chi connectivity index (χ0v) is 13.3. The highest BCUT2D eigenvalue weighted by atomic mass is 32.2. The molecule has 19 heavy (non-hydrogen) atoms. The summed E-state index contributed by atoms with van der Waals surface area (Å²) in [7, 11) is 1.76. The molecule has 3 nitrogen and oxygen atoms in total. The van der Waals surface area contributed by atoms with Gasteiger partial charge in [-0.15, -0.1) is 0 Å². The van der Waals surface area contributed by atoms with E-state index in [4.69, 9.17) is 9.47 Å². The van der Waals surface area contributed by atoms with Crippen LogP contribution in [0.25, 0.3) is 0 Å². The van der Waals surface area contributed by atoms with Crippen LogP contribution in [0.4, 0.5) is 0 Å². The van der Waals surface area contributed by atoms with E-state index in [0.29, 0.717) is 0 Å². The van der Waals surface area contributed by atoms with E-state index in [1.54, 1.807) is 7.11 Å². The lowest BCUT2D eigenvalue weighted by atomic mass is 9.81. The Morgan fingerprint density at radius 2 is 2.42 bits per heavy atom. The van der Waals surface area contributed by atoms with E-state index in [-0.39, 0.29) is 5.60 Å². The molecule has 0 aromatic heterocycles. The van der Waals surface area contributed by atoms with E-state index in [1.165, 1.54) is 37.2 Å². The lowest BCUT2D eigenvalue weighted by Gasteiger charge is -2.38. The Hall–Kier alpha value is 0.230. The molecule has 3 atom stereocenters. The number of thioether (sulfide) groups is 1. The molecule has 1 N–H and O–H groups in total. The van der Waals surface area contributed by atoms with Gasteiger partial charge in [0, 0.05) is 26.0 Å². The molecule has 0 bridgehead atoms. The van der Waals surface area contributed by atoms with Gasteiger partial charge in [0.05, 0.1) is 12.2 Å². The maximum Gasteiger partial charge on any atom is 0.0783 e. The average molecular weight is 287 g/mol. The second-order valence-corrected chi connectivity index (χ2v) is 7.34. The first kappa shape index (κ1) is 15.6. The minimum atomic E-state index is 0.247. The van der Waals surface area contributed by atoms with Crippen LogP contribution in [0.1, 0.15) is 32.6 Å². The van der Waals surface area contributed by atoms with Crippen molar-refractivity contribution in [3.8, 4) is 0 Å². The molecule has 2 rings (SSSR count). The lowest BCUT2D eigenvalue weighted by Crippen LogP contribution is -2.40. The molecule has 2 saturated heterocycles. The molecule has 2 heterocycles. The quantitative estimate of drug-likeness (QED) is 0.729. The summed E-state index contributed by atoms with van der Waals surface area (Å²) in [5.41, 5.74) is 0.247. The fourth-order valence-electron chi connectivity index (χ4n) is 3.37. The van der Waals surface area contributed by atoms with Crippen LogP contribution in [-0.2, 0) is 9.47 Å². The minimum absolute atomic E-state index is 0.247. The Bertz CT molecular complexity index is 257. The molecular formula is C15H29NO2S. The van der Waals surface area contributed by atoms with Crippen molar-refractivity contribution in [2.45, 2.75) is 38.2 Å². The molecule has 112 valence electrons. The molecule has 0 radical (unpaired) electrons. The summed E-state index contributed by atoms with van der Waals surface area (Å²) in [6.07, 6.45) is 5.17. The highest BCUT2D eigenvalue weighted by Crippen LogP contribution is 2.41. The van der Waals surface area contributed by atoms with E-state index >= 15 is 0 Å². The van der Waals surface area contributed by atoms with Crippen molar-refractivity contribution < 1.29 is 9.47 Å². The number of rotatable bonds is 7. The third kappa shape index (κ3) is 4.92. The molecule has 0 aromatic carbocycles. The number of ether oxygens (including phenoxy) is 2. The van der Waals surface area contributed by atoms with E-state index in [2.05, 4.69) is 24.0 Å². The summed E-state index contributed by atoms with van der Waals surface area (Å²) in [6, 6.07) is 0. The maximum absolute atomic E-state index is 6.10. The number of hydrogen-bond acceptors (Lipinski definition) is 4. The first-order valence-corrected chi connectivity index (χ1v) is 8.81. The zero-order valence-electron chi connectivity index (χ0n) is 12.5. The van der Waals surface area contributed by atoms with Gasteiger partial charge < -0.3 is 14.8 Å². The maximum atomic E-state index is 6.10. The molecule has 0 aliphatic carbocycles. The van der Waals surface area contributed by atoms with Gasteiger partial charge in [-0.3, -0.25) is 0 Å². The van der Waals surface area contributed by atoms with Crippen molar-refractivity contribution in [1.82, 2.24) is 5.32 Å². The fourth-order valence-corrected chi connectivity index (χ4v) is 4.75. The molecule has 2 fully saturated rings. The predicted molar refractivity (Wildman–Crippen MR) is 81.9 cm³/mol. The van der Waals surface area contributed by atoms with Crippen LogP contribution < -0.4 is 5.32 Å². The van der Waals surface area contributed by atoms with E-state index in [0.717, 1.165) is 38.1 Å². The van der Waals surface area contributed by atoms with E-state index in [1.807, 2.05) is 0 Å². The molecule has 2 aliphatic rings. The van der Waals surface area contributed by atoms with Crippen molar-refractivity contribution in [3.63, 3.8) is 0 Å². The average Bonchev–Trinajstić information content (AvgIpc) is 2.83. The van der Waals surface area contributed by atoms with Crippen molar-refractivity contribution >= 4 is 11.8 Å². The van der Waals surface area contributed by atoms with Crippen LogP contribution in [0.3, 0.4) is 0 Å². The molecule has 0 amide bonds. The second kappa shape index (κ2) is 7.87. The minimum Gasteiger partial charge on any atom is -0.383 e. The third-order valence-corrected chi connectivity index (χ3v) is 5.60. The van der Waals surface area contributed by atoms with Crippen molar-refractivity contribution in [3.05, 3.63) is 0 Å². The summed E-state index contributed by atoms with van der Waals surface area (Å²) >= 11 is 2.07. The molecule has 4 heteroatoms. The van der Waals surface area contributed by atoms with Crippen LogP contribution in [0, 0.1) is 11.8 Å². The SMILES string of the molecule is COCCNCC(C)CC1CCOC2(CCSC2)C1. The van der Waals surface area contributed by atoms with Crippen LogP contribution >= 0.6 is 11.8 Å². The molecule has 2 aliphatic heterocycles. The largest absolute Gasteiger partial charge is 0.383 e.